The highest BCUT2D eigenvalue weighted by Crippen LogP contribution is 2.35. The lowest BCUT2D eigenvalue weighted by molar-refractivity contribution is -0.274. The topological polar surface area (TPSA) is 35.5 Å². The van der Waals surface area contributed by atoms with E-state index in [1.54, 1.807) is 24.3 Å². The van der Waals surface area contributed by atoms with Crippen molar-refractivity contribution in [2.75, 3.05) is 0 Å². The van der Waals surface area contributed by atoms with Crippen molar-refractivity contribution in [2.45, 2.75) is 39.7 Å². The summed E-state index contributed by atoms with van der Waals surface area (Å²) in [7, 11) is 0. The number of ether oxygens (including phenoxy) is 2. The van der Waals surface area contributed by atoms with Crippen LogP contribution >= 0.6 is 0 Å². The van der Waals surface area contributed by atoms with E-state index < -0.39 is 12.3 Å². The zero-order valence-corrected chi connectivity index (χ0v) is 14.8. The van der Waals surface area contributed by atoms with Crippen LogP contribution < -0.4 is 4.74 Å². The molecule has 2 rings (SSSR count). The van der Waals surface area contributed by atoms with E-state index >= 15 is 0 Å². The highest BCUT2D eigenvalue weighted by Gasteiger charge is 2.32. The van der Waals surface area contributed by atoms with E-state index in [4.69, 9.17) is 4.74 Å². The van der Waals surface area contributed by atoms with Crippen LogP contribution in [0.4, 0.5) is 13.2 Å². The predicted molar refractivity (Wildman–Crippen MR) is 92.9 cm³/mol. The monoisotopic (exact) mass is 366 g/mol. The maximum Gasteiger partial charge on any atom is 0.573 e. The molecule has 1 unspecified atom stereocenters. The van der Waals surface area contributed by atoms with Gasteiger partial charge in [0.05, 0.1) is 5.56 Å². The van der Waals surface area contributed by atoms with E-state index in [-0.39, 0.29) is 28.9 Å². The summed E-state index contributed by atoms with van der Waals surface area (Å²) < 4.78 is 47.7. The molecule has 2 aromatic rings. The molecule has 0 heterocycles. The summed E-state index contributed by atoms with van der Waals surface area (Å²) in [5, 5.41) is 0. The van der Waals surface area contributed by atoms with Crippen LogP contribution in [0.2, 0.25) is 0 Å². The van der Waals surface area contributed by atoms with E-state index in [0.29, 0.717) is 12.0 Å². The summed E-state index contributed by atoms with van der Waals surface area (Å²) in [6.45, 7) is 5.80. The normalized spacial score (nSPS) is 12.7. The summed E-state index contributed by atoms with van der Waals surface area (Å²) in [6.07, 6.45) is -4.44. The van der Waals surface area contributed by atoms with Crippen LogP contribution in [0, 0.1) is 5.92 Å². The van der Waals surface area contributed by atoms with Crippen molar-refractivity contribution in [3.05, 3.63) is 54.1 Å². The van der Waals surface area contributed by atoms with Crippen molar-refractivity contribution in [3.63, 3.8) is 0 Å². The van der Waals surface area contributed by atoms with Crippen molar-refractivity contribution in [3.8, 4) is 16.9 Å². The summed E-state index contributed by atoms with van der Waals surface area (Å²) >= 11 is 0. The third-order valence-electron chi connectivity index (χ3n) is 3.95. The molecular weight excluding hydrogens is 345 g/mol. The highest BCUT2D eigenvalue weighted by atomic mass is 19.4. The van der Waals surface area contributed by atoms with Crippen molar-refractivity contribution in [1.29, 1.82) is 0 Å². The summed E-state index contributed by atoms with van der Waals surface area (Å²) in [6, 6.07) is 12.1. The minimum Gasteiger partial charge on any atom is -0.459 e. The number of para-hydroxylation sites is 1. The number of halogens is 3. The first kappa shape index (κ1) is 19.8. The van der Waals surface area contributed by atoms with Crippen molar-refractivity contribution >= 4 is 5.97 Å². The highest BCUT2D eigenvalue weighted by molar-refractivity contribution is 5.98. The fraction of sp³-hybridized carbons (Fsp3) is 0.350. The lowest BCUT2D eigenvalue weighted by Gasteiger charge is -2.21. The molecule has 0 saturated heterocycles. The third kappa shape index (κ3) is 5.00. The lowest BCUT2D eigenvalue weighted by Crippen LogP contribution is -2.23. The molecule has 3 nitrogen and oxygen atoms in total. The third-order valence-corrected chi connectivity index (χ3v) is 3.95. The van der Waals surface area contributed by atoms with E-state index in [1.807, 2.05) is 20.8 Å². The Morgan fingerprint density at radius 3 is 2.15 bits per heavy atom. The Hall–Kier alpha value is -2.50. The minimum absolute atomic E-state index is 0.136. The van der Waals surface area contributed by atoms with Crippen molar-refractivity contribution in [2.24, 2.45) is 5.92 Å². The van der Waals surface area contributed by atoms with Crippen LogP contribution in [0.15, 0.2) is 48.5 Å². The average molecular weight is 366 g/mol. The molecule has 0 aliphatic heterocycles. The van der Waals surface area contributed by atoms with Gasteiger partial charge in [-0.25, -0.2) is 4.79 Å². The molecule has 6 heteroatoms. The van der Waals surface area contributed by atoms with Crippen LogP contribution in [0.3, 0.4) is 0 Å². The van der Waals surface area contributed by atoms with Crippen molar-refractivity contribution < 1.29 is 27.4 Å². The van der Waals surface area contributed by atoms with E-state index in [2.05, 4.69) is 4.74 Å². The number of benzene rings is 2. The van der Waals surface area contributed by atoms with Gasteiger partial charge in [0.15, 0.2) is 0 Å². The molecule has 0 spiro atoms. The summed E-state index contributed by atoms with van der Waals surface area (Å²) in [4.78, 5) is 12.6. The number of hydrogen-bond donors (Lipinski definition) is 0. The molecule has 140 valence electrons. The predicted octanol–water partition coefficient (Wildman–Crippen LogP) is 5.84. The molecule has 0 bridgehead atoms. The molecule has 0 aromatic heterocycles. The molecule has 2 aromatic carbocycles. The quantitative estimate of drug-likeness (QED) is 0.602. The molecule has 0 fully saturated rings. The Bertz CT molecular complexity index is 754. The molecular formula is C20H21F3O3. The zero-order chi connectivity index (χ0) is 19.3. The van der Waals surface area contributed by atoms with E-state index in [0.717, 1.165) is 0 Å². The second-order valence-electron chi connectivity index (χ2n) is 6.19. The van der Waals surface area contributed by atoms with Crippen LogP contribution in [0.1, 0.15) is 37.6 Å². The largest absolute Gasteiger partial charge is 0.573 e. The number of carbonyl (C=O) groups excluding carboxylic acids is 1. The Balaban J connectivity index is 2.43. The Morgan fingerprint density at radius 2 is 1.58 bits per heavy atom. The van der Waals surface area contributed by atoms with Gasteiger partial charge < -0.3 is 9.47 Å². The number of alkyl halides is 3. The molecule has 0 saturated carbocycles. The van der Waals surface area contributed by atoms with Gasteiger partial charge in [-0.15, -0.1) is 13.2 Å². The van der Waals surface area contributed by atoms with Crippen LogP contribution in [0.5, 0.6) is 5.75 Å². The van der Waals surface area contributed by atoms with Gasteiger partial charge in [-0.2, -0.15) is 0 Å². The second-order valence-corrected chi connectivity index (χ2v) is 6.19. The van der Waals surface area contributed by atoms with Crippen LogP contribution in [-0.4, -0.2) is 18.4 Å². The van der Waals surface area contributed by atoms with E-state index in [1.165, 1.54) is 24.3 Å². The molecule has 1 atom stereocenters. The summed E-state index contributed by atoms with van der Waals surface area (Å²) in [5.41, 5.74) is 0.704. The standard InChI is InChI=1S/C20H21F3O3/c1-4-17(13(2)3)25-19(24)16-11-6-5-9-14(16)15-10-7-8-12-18(15)26-20(21,22)23/h5-13,17H,4H2,1-3H3. The zero-order valence-electron chi connectivity index (χ0n) is 14.8. The first-order valence-electron chi connectivity index (χ1n) is 8.38. The fourth-order valence-electron chi connectivity index (χ4n) is 2.69. The maximum absolute atomic E-state index is 12.7. The molecule has 0 amide bonds. The van der Waals surface area contributed by atoms with Crippen LogP contribution in [0.25, 0.3) is 11.1 Å². The number of esters is 1. The van der Waals surface area contributed by atoms with Gasteiger partial charge in [0.2, 0.25) is 0 Å². The molecule has 0 aliphatic rings. The van der Waals surface area contributed by atoms with Gasteiger partial charge >= 0.3 is 12.3 Å². The molecule has 0 N–H and O–H groups in total. The lowest BCUT2D eigenvalue weighted by atomic mass is 9.98. The molecule has 0 radical (unpaired) electrons. The van der Waals surface area contributed by atoms with Crippen LogP contribution in [-0.2, 0) is 4.74 Å². The second kappa shape index (κ2) is 8.25. The van der Waals surface area contributed by atoms with Gasteiger partial charge in [0.25, 0.3) is 0 Å². The number of hydrogen-bond acceptors (Lipinski definition) is 3. The first-order valence-corrected chi connectivity index (χ1v) is 8.38. The summed E-state index contributed by atoms with van der Waals surface area (Å²) in [5.74, 6) is -0.795. The molecule has 26 heavy (non-hydrogen) atoms. The Kier molecular flexibility index (Phi) is 6.29. The maximum atomic E-state index is 12.7. The average Bonchev–Trinajstić information content (AvgIpc) is 2.58. The van der Waals surface area contributed by atoms with Gasteiger partial charge in [-0.3, -0.25) is 0 Å². The van der Waals surface area contributed by atoms with Gasteiger partial charge in [-0.1, -0.05) is 57.2 Å². The first-order chi connectivity index (χ1) is 12.2. The Morgan fingerprint density at radius 1 is 1.00 bits per heavy atom. The Labute approximate surface area is 150 Å². The van der Waals surface area contributed by atoms with E-state index in [9.17, 15) is 18.0 Å². The van der Waals surface area contributed by atoms with Gasteiger partial charge in [0, 0.05) is 5.56 Å². The smallest absolute Gasteiger partial charge is 0.459 e. The van der Waals surface area contributed by atoms with Gasteiger partial charge in [-0.05, 0) is 30.0 Å². The number of rotatable bonds is 6. The minimum atomic E-state index is -4.82. The molecule has 0 aliphatic carbocycles. The SMILES string of the molecule is CCC(OC(=O)c1ccccc1-c1ccccc1OC(F)(F)F)C(C)C. The van der Waals surface area contributed by atoms with Crippen molar-refractivity contribution in [1.82, 2.24) is 0 Å². The number of carbonyl (C=O) groups is 1. The van der Waals surface area contributed by atoms with Gasteiger partial charge in [0.1, 0.15) is 11.9 Å². The fourth-order valence-corrected chi connectivity index (χ4v) is 2.69.